The van der Waals surface area contributed by atoms with E-state index in [9.17, 15) is 58.8 Å². The average molecular weight is 960 g/mol. The molecule has 4 atom stereocenters. The smallest absolute Gasteiger partial charge is 0.326 e. The molecule has 69 heavy (non-hydrogen) atoms. The average Bonchev–Trinajstić information content (AvgIpc) is 3.33. The van der Waals surface area contributed by atoms with Crippen molar-refractivity contribution in [1.82, 2.24) is 26.6 Å². The normalized spacial score (nSPS) is 12.9. The standard InChI is InChI=1S/C51H69N5O13/c1-2-3-4-5-6-9-14-35-19-21-36(22-20-35)29-30-51(33-57,34-58)56-44(60)26-25-43(59)52-41(31-37-15-10-7-11-16-37)48(66)55-42(32-38-17-12-8-13-18-38)49(67)53-39(23-27-45(61)62)47(65)54-40(50(68)69)24-28-46(63)64/h7-8,10-13,15-22,39-42,57-58H,2-6,9,14,23-34H2,1H3,(H,52,59)(H,53,67)(H,54,65)(H,55,66)(H,56,60)(H,61,62)(H,63,64)(H,68,69)/t39-,40-,41-,42-/m0/s1. The summed E-state index contributed by atoms with van der Waals surface area (Å²) in [5.41, 5.74) is 2.02. The van der Waals surface area contributed by atoms with Crippen LogP contribution in [0.4, 0.5) is 0 Å². The van der Waals surface area contributed by atoms with Crippen LogP contribution < -0.4 is 26.6 Å². The number of hydrogen-bond donors (Lipinski definition) is 10. The summed E-state index contributed by atoms with van der Waals surface area (Å²) in [6, 6.07) is 19.2. The minimum absolute atomic E-state index is 0.0565. The Morgan fingerprint density at radius 3 is 1.42 bits per heavy atom. The van der Waals surface area contributed by atoms with Crippen LogP contribution >= 0.6 is 0 Å². The molecule has 3 aromatic carbocycles. The minimum Gasteiger partial charge on any atom is -0.481 e. The number of rotatable bonds is 34. The number of aliphatic hydroxyl groups excluding tert-OH is 2. The van der Waals surface area contributed by atoms with Crippen LogP contribution in [-0.4, -0.2) is 116 Å². The van der Waals surface area contributed by atoms with Gasteiger partial charge in [-0.3, -0.25) is 33.6 Å². The summed E-state index contributed by atoms with van der Waals surface area (Å²) < 4.78 is 0. The molecule has 0 bridgehead atoms. The molecule has 376 valence electrons. The summed E-state index contributed by atoms with van der Waals surface area (Å²) in [5, 5.41) is 61.3. The van der Waals surface area contributed by atoms with Crippen molar-refractivity contribution in [3.8, 4) is 0 Å². The fraction of sp³-hybridized carbons (Fsp3) is 0.490. The van der Waals surface area contributed by atoms with Gasteiger partial charge < -0.3 is 52.1 Å². The number of hydrogen-bond acceptors (Lipinski definition) is 10. The first-order valence-electron chi connectivity index (χ1n) is 23.6. The van der Waals surface area contributed by atoms with Gasteiger partial charge in [-0.25, -0.2) is 4.79 Å². The van der Waals surface area contributed by atoms with Crippen LogP contribution in [0, 0.1) is 0 Å². The zero-order valence-electron chi connectivity index (χ0n) is 39.3. The van der Waals surface area contributed by atoms with Crippen LogP contribution in [0.15, 0.2) is 84.9 Å². The van der Waals surface area contributed by atoms with E-state index in [0.717, 1.165) is 18.4 Å². The monoisotopic (exact) mass is 959 g/mol. The van der Waals surface area contributed by atoms with E-state index in [1.54, 1.807) is 60.7 Å². The molecule has 5 amide bonds. The number of unbranched alkanes of at least 4 members (excludes halogenated alkanes) is 5. The Balaban J connectivity index is 1.73. The van der Waals surface area contributed by atoms with Crippen molar-refractivity contribution >= 4 is 47.4 Å². The number of aliphatic carboxylic acids is 3. The number of carboxylic acid groups (broad SMARTS) is 3. The Morgan fingerprint density at radius 1 is 0.478 bits per heavy atom. The maximum Gasteiger partial charge on any atom is 0.326 e. The molecule has 0 saturated heterocycles. The zero-order valence-corrected chi connectivity index (χ0v) is 39.3. The lowest BCUT2D eigenvalue weighted by Gasteiger charge is -2.31. The molecule has 18 nitrogen and oxygen atoms in total. The second-order valence-corrected chi connectivity index (χ2v) is 17.4. The molecule has 10 N–H and O–H groups in total. The van der Waals surface area contributed by atoms with Gasteiger partial charge in [0.05, 0.1) is 18.8 Å². The van der Waals surface area contributed by atoms with Crippen molar-refractivity contribution in [2.45, 2.75) is 146 Å². The van der Waals surface area contributed by atoms with Crippen molar-refractivity contribution < 1.29 is 63.9 Å². The first kappa shape index (κ1) is 56.7. The summed E-state index contributed by atoms with van der Waals surface area (Å²) in [5.74, 6) is -8.39. The van der Waals surface area contributed by atoms with E-state index in [1.807, 2.05) is 12.1 Å². The number of amides is 5. The highest BCUT2D eigenvalue weighted by Crippen LogP contribution is 2.18. The highest BCUT2D eigenvalue weighted by molar-refractivity contribution is 5.95. The molecular weight excluding hydrogens is 891 g/mol. The topological polar surface area (TPSA) is 298 Å². The van der Waals surface area contributed by atoms with Crippen molar-refractivity contribution in [3.63, 3.8) is 0 Å². The second-order valence-electron chi connectivity index (χ2n) is 17.4. The summed E-state index contributed by atoms with van der Waals surface area (Å²) in [6.45, 7) is 1.07. The summed E-state index contributed by atoms with van der Waals surface area (Å²) in [4.78, 5) is 103. The molecule has 0 fully saturated rings. The second kappa shape index (κ2) is 30.7. The van der Waals surface area contributed by atoms with Gasteiger partial charge in [-0.1, -0.05) is 124 Å². The largest absolute Gasteiger partial charge is 0.481 e. The van der Waals surface area contributed by atoms with E-state index in [-0.39, 0.29) is 25.7 Å². The molecule has 0 aromatic heterocycles. The van der Waals surface area contributed by atoms with Crippen molar-refractivity contribution in [3.05, 3.63) is 107 Å². The van der Waals surface area contributed by atoms with Gasteiger partial charge in [-0.2, -0.15) is 0 Å². The zero-order chi connectivity index (χ0) is 50.6. The van der Waals surface area contributed by atoms with Crippen molar-refractivity contribution in [2.75, 3.05) is 13.2 Å². The van der Waals surface area contributed by atoms with Crippen LogP contribution in [0.25, 0.3) is 0 Å². The number of carbonyl (C=O) groups is 8. The molecular formula is C51H69N5O13. The molecule has 0 aliphatic rings. The third-order valence-electron chi connectivity index (χ3n) is 11.7. The molecule has 0 spiro atoms. The highest BCUT2D eigenvalue weighted by atomic mass is 16.4. The number of carbonyl (C=O) groups excluding carboxylic acids is 5. The summed E-state index contributed by atoms with van der Waals surface area (Å²) in [7, 11) is 0. The number of nitrogens with one attached hydrogen (secondary N) is 5. The Labute approximate surface area is 403 Å². The van der Waals surface area contributed by atoms with Crippen molar-refractivity contribution in [2.24, 2.45) is 0 Å². The number of aryl methyl sites for hydroxylation is 2. The molecule has 3 rings (SSSR count). The van der Waals surface area contributed by atoms with E-state index in [2.05, 4.69) is 45.6 Å². The fourth-order valence-corrected chi connectivity index (χ4v) is 7.56. The number of aliphatic hydroxyl groups is 2. The van der Waals surface area contributed by atoms with Gasteiger partial charge in [0.2, 0.25) is 29.5 Å². The van der Waals surface area contributed by atoms with E-state index < -0.39 is 122 Å². The van der Waals surface area contributed by atoms with E-state index in [0.29, 0.717) is 17.5 Å². The van der Waals surface area contributed by atoms with Gasteiger partial charge in [0, 0.05) is 38.5 Å². The van der Waals surface area contributed by atoms with Crippen LogP contribution in [0.5, 0.6) is 0 Å². The number of benzene rings is 3. The minimum atomic E-state index is -1.68. The first-order valence-corrected chi connectivity index (χ1v) is 23.6. The Bertz CT molecular complexity index is 2100. The maximum atomic E-state index is 14.2. The first-order chi connectivity index (χ1) is 33.1. The van der Waals surface area contributed by atoms with Crippen LogP contribution in [0.3, 0.4) is 0 Å². The van der Waals surface area contributed by atoms with Crippen LogP contribution in [-0.2, 0) is 64.0 Å². The maximum absolute atomic E-state index is 14.2. The molecule has 0 aliphatic heterocycles. The molecule has 3 aromatic rings. The van der Waals surface area contributed by atoms with Gasteiger partial charge in [0.15, 0.2) is 0 Å². The van der Waals surface area contributed by atoms with Crippen LogP contribution in [0.1, 0.15) is 113 Å². The molecule has 0 aliphatic carbocycles. The Hall–Kier alpha value is -6.66. The molecule has 0 heterocycles. The van der Waals surface area contributed by atoms with Gasteiger partial charge in [0.1, 0.15) is 24.2 Å². The lowest BCUT2D eigenvalue weighted by Crippen LogP contribution is -2.58. The van der Waals surface area contributed by atoms with Crippen molar-refractivity contribution in [1.29, 1.82) is 0 Å². The predicted octanol–water partition coefficient (Wildman–Crippen LogP) is 3.38. The van der Waals surface area contributed by atoms with Gasteiger partial charge in [0.25, 0.3) is 0 Å². The third-order valence-corrected chi connectivity index (χ3v) is 11.7. The molecule has 0 saturated carbocycles. The van der Waals surface area contributed by atoms with Crippen LogP contribution in [0.2, 0.25) is 0 Å². The SMILES string of the molecule is CCCCCCCCc1ccc(CCC(CO)(CO)NC(=O)CCC(=O)N[C@@H](Cc2ccccc2)C(=O)N[C@@H](Cc2ccccc2)C(=O)N[C@@H](CCC(=O)O)C(=O)N[C@@H](CCC(=O)O)C(=O)O)cc1. The Kier molecular flexibility index (Phi) is 25.2. The number of carboxylic acids is 3. The molecule has 18 heteroatoms. The molecule has 0 radical (unpaired) electrons. The predicted molar refractivity (Wildman–Crippen MR) is 256 cm³/mol. The molecule has 0 unspecified atom stereocenters. The Morgan fingerprint density at radius 2 is 0.913 bits per heavy atom. The van der Waals surface area contributed by atoms with Gasteiger partial charge in [-0.05, 0) is 60.8 Å². The fourth-order valence-electron chi connectivity index (χ4n) is 7.56. The van der Waals surface area contributed by atoms with Gasteiger partial charge in [-0.15, -0.1) is 0 Å². The summed E-state index contributed by atoms with van der Waals surface area (Å²) in [6.07, 6.45) is 5.72. The summed E-state index contributed by atoms with van der Waals surface area (Å²) >= 11 is 0. The quantitative estimate of drug-likeness (QED) is 0.0385. The van der Waals surface area contributed by atoms with Gasteiger partial charge >= 0.3 is 17.9 Å². The van der Waals surface area contributed by atoms with E-state index in [4.69, 9.17) is 5.11 Å². The third kappa shape index (κ3) is 21.9. The van der Waals surface area contributed by atoms with E-state index >= 15 is 0 Å². The highest BCUT2D eigenvalue weighted by Gasteiger charge is 2.33. The van der Waals surface area contributed by atoms with E-state index in [1.165, 1.54) is 37.7 Å². The lowest BCUT2D eigenvalue weighted by atomic mass is 9.91. The lowest BCUT2D eigenvalue weighted by molar-refractivity contribution is -0.144.